The van der Waals surface area contributed by atoms with Crippen LogP contribution in [0, 0.1) is 5.82 Å². The van der Waals surface area contributed by atoms with Gasteiger partial charge in [0.05, 0.1) is 17.1 Å². The van der Waals surface area contributed by atoms with Crippen molar-refractivity contribution in [3.63, 3.8) is 0 Å². The summed E-state index contributed by atoms with van der Waals surface area (Å²) in [5.41, 5.74) is 5.55. The van der Waals surface area contributed by atoms with Gasteiger partial charge in [0.15, 0.2) is 11.5 Å². The quantitative estimate of drug-likeness (QED) is 0.441. The van der Waals surface area contributed by atoms with Gasteiger partial charge >= 0.3 is 0 Å². The molecule has 0 aliphatic heterocycles. The summed E-state index contributed by atoms with van der Waals surface area (Å²) in [6, 6.07) is 12.4. The van der Waals surface area contributed by atoms with Crippen LogP contribution in [0.1, 0.15) is 0 Å². The molecular weight excluding hydrogens is 393 g/mol. The number of hydrogen-bond acceptors (Lipinski definition) is 5. The number of imidazole rings is 1. The van der Waals surface area contributed by atoms with Crippen LogP contribution in [0.15, 0.2) is 73.4 Å². The summed E-state index contributed by atoms with van der Waals surface area (Å²) in [6.07, 6.45) is 8.59. The Morgan fingerprint density at radius 2 is 1.77 bits per heavy atom. The predicted molar refractivity (Wildman–Crippen MR) is 115 cm³/mol. The summed E-state index contributed by atoms with van der Waals surface area (Å²) in [6.45, 7) is 0. The van der Waals surface area contributed by atoms with Crippen molar-refractivity contribution >= 4 is 22.1 Å². The zero-order valence-electron chi connectivity index (χ0n) is 16.0. The minimum atomic E-state index is -0.322. The lowest BCUT2D eigenvalue weighted by Gasteiger charge is -2.03. The Hall–Kier alpha value is -4.46. The summed E-state index contributed by atoms with van der Waals surface area (Å²) in [7, 11) is 0. The Morgan fingerprint density at radius 3 is 2.65 bits per heavy atom. The largest absolute Gasteiger partial charge is 0.335 e. The van der Waals surface area contributed by atoms with E-state index in [1.807, 2.05) is 18.2 Å². The number of aromatic nitrogens is 7. The third kappa shape index (κ3) is 2.84. The summed E-state index contributed by atoms with van der Waals surface area (Å²) in [4.78, 5) is 20.9. The van der Waals surface area contributed by atoms with Gasteiger partial charge in [-0.15, -0.1) is 0 Å². The number of benzene rings is 1. The van der Waals surface area contributed by atoms with Gasteiger partial charge in [0, 0.05) is 47.0 Å². The molecule has 5 aromatic heterocycles. The lowest BCUT2D eigenvalue weighted by molar-refractivity contribution is 0.631. The van der Waals surface area contributed by atoms with Gasteiger partial charge in [-0.1, -0.05) is 24.3 Å². The second-order valence-electron chi connectivity index (χ2n) is 7.08. The molecule has 0 saturated carbocycles. The van der Waals surface area contributed by atoms with E-state index in [-0.39, 0.29) is 5.82 Å². The number of aromatic amines is 2. The molecule has 0 saturated heterocycles. The van der Waals surface area contributed by atoms with Crippen molar-refractivity contribution in [3.8, 4) is 33.8 Å². The van der Waals surface area contributed by atoms with Crippen molar-refractivity contribution in [1.29, 1.82) is 0 Å². The third-order valence-corrected chi connectivity index (χ3v) is 5.19. The Balaban J connectivity index is 1.53. The molecule has 148 valence electrons. The van der Waals surface area contributed by atoms with Gasteiger partial charge in [-0.05, 0) is 18.2 Å². The lowest BCUT2D eigenvalue weighted by atomic mass is 10.1. The fraction of sp³-hybridized carbons (Fsp3) is 0. The number of fused-ring (bicyclic) bond motifs is 2. The molecule has 31 heavy (non-hydrogen) atoms. The van der Waals surface area contributed by atoms with Crippen LogP contribution >= 0.6 is 0 Å². The van der Waals surface area contributed by atoms with Crippen molar-refractivity contribution in [2.75, 3.05) is 0 Å². The monoisotopic (exact) mass is 407 g/mol. The summed E-state index contributed by atoms with van der Waals surface area (Å²) < 4.78 is 14.4. The molecule has 0 aliphatic carbocycles. The molecule has 6 aromatic rings. The first kappa shape index (κ1) is 17.4. The van der Waals surface area contributed by atoms with Crippen LogP contribution in [-0.4, -0.2) is 35.1 Å². The normalized spacial score (nSPS) is 11.4. The predicted octanol–water partition coefficient (Wildman–Crippen LogP) is 4.76. The molecule has 1 aromatic carbocycles. The molecular formula is C23H14FN7. The number of hydrogen-bond donors (Lipinski definition) is 2. The molecule has 5 heterocycles. The SMILES string of the molecule is Fc1ccccc1-c1cncc2[nH]c(-c3n[nH]c4ncc(-c5cccnc5)cc34)nc12. The standard InChI is InChI=1S/C23H14FN7/c24-18-6-2-1-5-15(18)17-11-26-12-19-20(17)29-23(28-19)21-16-8-14(10-27-22(16)31-30-21)13-4-3-7-25-9-13/h1-12H,(H,28,29)(H,27,30,31). The van der Waals surface area contributed by atoms with Crippen LogP contribution in [-0.2, 0) is 0 Å². The highest BCUT2D eigenvalue weighted by Gasteiger charge is 2.17. The van der Waals surface area contributed by atoms with Crippen LogP contribution in [0.3, 0.4) is 0 Å². The van der Waals surface area contributed by atoms with Gasteiger partial charge in [0.2, 0.25) is 0 Å². The number of H-pyrrole nitrogens is 2. The Labute approximate surface area is 175 Å². The summed E-state index contributed by atoms with van der Waals surface area (Å²) >= 11 is 0. The summed E-state index contributed by atoms with van der Waals surface area (Å²) in [5, 5.41) is 8.20. The molecule has 0 atom stereocenters. The first-order chi connectivity index (χ1) is 15.3. The van der Waals surface area contributed by atoms with E-state index in [0.717, 1.165) is 16.5 Å². The molecule has 8 heteroatoms. The second kappa shape index (κ2) is 6.81. The average molecular weight is 407 g/mol. The number of nitrogens with one attached hydrogen (secondary N) is 2. The maximum absolute atomic E-state index is 14.4. The average Bonchev–Trinajstić information content (AvgIpc) is 3.43. The van der Waals surface area contributed by atoms with E-state index in [0.29, 0.717) is 39.3 Å². The Bertz CT molecular complexity index is 1550. The van der Waals surface area contributed by atoms with Gasteiger partial charge in [-0.3, -0.25) is 15.1 Å². The topological polar surface area (TPSA) is 96.0 Å². The third-order valence-electron chi connectivity index (χ3n) is 5.19. The number of rotatable bonds is 3. The van der Waals surface area contributed by atoms with E-state index in [2.05, 4.69) is 30.1 Å². The van der Waals surface area contributed by atoms with E-state index in [1.165, 1.54) is 6.07 Å². The maximum atomic E-state index is 14.4. The minimum Gasteiger partial charge on any atom is -0.335 e. The van der Waals surface area contributed by atoms with Gasteiger partial charge in [0.1, 0.15) is 17.0 Å². The Kier molecular flexibility index (Phi) is 3.82. The van der Waals surface area contributed by atoms with Crippen molar-refractivity contribution in [2.45, 2.75) is 0 Å². The van der Waals surface area contributed by atoms with E-state index in [4.69, 9.17) is 4.98 Å². The zero-order valence-corrected chi connectivity index (χ0v) is 16.0. The maximum Gasteiger partial charge on any atom is 0.159 e. The van der Waals surface area contributed by atoms with Crippen molar-refractivity contribution in [1.82, 2.24) is 35.1 Å². The number of halogens is 1. The molecule has 0 fully saturated rings. The lowest BCUT2D eigenvalue weighted by Crippen LogP contribution is -1.87. The van der Waals surface area contributed by atoms with Crippen molar-refractivity contribution < 1.29 is 4.39 Å². The van der Waals surface area contributed by atoms with E-state index >= 15 is 0 Å². The molecule has 2 N–H and O–H groups in total. The van der Waals surface area contributed by atoms with Gasteiger partial charge in [-0.25, -0.2) is 14.4 Å². The zero-order chi connectivity index (χ0) is 20.8. The van der Waals surface area contributed by atoms with Gasteiger partial charge in [-0.2, -0.15) is 5.10 Å². The number of pyridine rings is 3. The van der Waals surface area contributed by atoms with E-state index in [9.17, 15) is 4.39 Å². The molecule has 0 spiro atoms. The number of nitrogens with zero attached hydrogens (tertiary/aromatic N) is 5. The van der Waals surface area contributed by atoms with Crippen LogP contribution < -0.4 is 0 Å². The molecule has 0 bridgehead atoms. The van der Waals surface area contributed by atoms with E-state index in [1.54, 1.807) is 49.2 Å². The van der Waals surface area contributed by atoms with Crippen LogP contribution in [0.5, 0.6) is 0 Å². The second-order valence-corrected chi connectivity index (χ2v) is 7.08. The molecule has 0 radical (unpaired) electrons. The highest BCUT2D eigenvalue weighted by atomic mass is 19.1. The first-order valence-electron chi connectivity index (χ1n) is 9.61. The fourth-order valence-corrected chi connectivity index (χ4v) is 3.70. The first-order valence-corrected chi connectivity index (χ1v) is 9.61. The molecule has 6 rings (SSSR count). The highest BCUT2D eigenvalue weighted by molar-refractivity contribution is 5.96. The summed E-state index contributed by atoms with van der Waals surface area (Å²) in [5.74, 6) is 0.230. The molecule has 7 nitrogen and oxygen atoms in total. The van der Waals surface area contributed by atoms with Crippen LogP contribution in [0.25, 0.3) is 55.8 Å². The smallest absolute Gasteiger partial charge is 0.159 e. The Morgan fingerprint density at radius 1 is 0.839 bits per heavy atom. The van der Waals surface area contributed by atoms with Crippen molar-refractivity contribution in [3.05, 3.63) is 79.3 Å². The van der Waals surface area contributed by atoms with Crippen molar-refractivity contribution in [2.24, 2.45) is 0 Å². The minimum absolute atomic E-state index is 0.322. The van der Waals surface area contributed by atoms with Crippen LogP contribution in [0.2, 0.25) is 0 Å². The van der Waals surface area contributed by atoms with E-state index < -0.39 is 0 Å². The molecule has 0 unspecified atom stereocenters. The van der Waals surface area contributed by atoms with Gasteiger partial charge < -0.3 is 4.98 Å². The highest BCUT2D eigenvalue weighted by Crippen LogP contribution is 2.32. The van der Waals surface area contributed by atoms with Gasteiger partial charge in [0.25, 0.3) is 0 Å². The van der Waals surface area contributed by atoms with Crippen LogP contribution in [0.4, 0.5) is 4.39 Å². The molecule has 0 amide bonds. The molecule has 0 aliphatic rings. The fourth-order valence-electron chi connectivity index (χ4n) is 3.70.